The third-order valence-corrected chi connectivity index (χ3v) is 13.9. The van der Waals surface area contributed by atoms with Crippen LogP contribution in [0.25, 0.3) is 77.6 Å². The van der Waals surface area contributed by atoms with Crippen molar-refractivity contribution in [3.63, 3.8) is 0 Å². The lowest BCUT2D eigenvalue weighted by Gasteiger charge is -2.30. The first-order valence-electron chi connectivity index (χ1n) is 21.7. The molecule has 1 aromatic heterocycles. The van der Waals surface area contributed by atoms with Gasteiger partial charge in [0.25, 0.3) is 0 Å². The Morgan fingerprint density at radius 2 is 0.742 bits per heavy atom. The maximum atomic E-state index is 6.10. The number of hydrogen-bond acceptors (Lipinski definition) is 2. The summed E-state index contributed by atoms with van der Waals surface area (Å²) in [5, 5.41) is 2.29. The average molecular weight is 796 g/mol. The molecule has 62 heavy (non-hydrogen) atoms. The molecule has 12 rings (SSSR count). The van der Waals surface area contributed by atoms with Gasteiger partial charge in [0.2, 0.25) is 0 Å². The molecule has 0 saturated carbocycles. The van der Waals surface area contributed by atoms with Crippen LogP contribution < -0.4 is 4.90 Å². The molecule has 2 aliphatic rings. The maximum Gasteiger partial charge on any atom is 0.135 e. The molecule has 2 aliphatic carbocycles. The molecule has 0 fully saturated rings. The predicted octanol–water partition coefficient (Wildman–Crippen LogP) is 16.7. The number of benzene rings is 9. The van der Waals surface area contributed by atoms with Crippen LogP contribution in [0, 0.1) is 0 Å². The van der Waals surface area contributed by atoms with Gasteiger partial charge in [-0.15, -0.1) is 0 Å². The SMILES string of the molecule is CC1(C)c2ccccc2-c2ccc(N(c3ccc(-c4ccc(-c5ccc6oc7ccccc7c6c5)cc4)cc3)c3ccc4c(c3)C(C)(C)c3cc(-c5ccccc5)ccc3-4)cc21. The Hall–Kier alpha value is -7.42. The van der Waals surface area contributed by atoms with Crippen LogP contribution in [0.5, 0.6) is 0 Å². The number of fused-ring (bicyclic) bond motifs is 9. The molecule has 0 saturated heterocycles. The van der Waals surface area contributed by atoms with E-state index in [0.717, 1.165) is 39.0 Å². The minimum atomic E-state index is -0.174. The van der Waals surface area contributed by atoms with E-state index in [1.54, 1.807) is 0 Å². The van der Waals surface area contributed by atoms with Gasteiger partial charge < -0.3 is 9.32 Å². The van der Waals surface area contributed by atoms with Crippen molar-refractivity contribution < 1.29 is 4.42 Å². The third-order valence-electron chi connectivity index (χ3n) is 13.9. The minimum Gasteiger partial charge on any atom is -0.456 e. The van der Waals surface area contributed by atoms with E-state index >= 15 is 0 Å². The standard InChI is InChI=1S/C60H45NO/c1-59(2)53-16-10-8-14-47(53)49-31-28-45(36-55(49)59)61(46-29-32-50-48-30-24-43(38-12-6-5-7-13-38)35-54(48)60(3,4)56(50)37-46)44-26-22-40(23-27-44)39-18-20-41(21-19-39)42-25-33-58-52(34-42)51-15-9-11-17-57(51)62-58/h5-37H,1-4H3. The summed E-state index contributed by atoms with van der Waals surface area (Å²) in [5.41, 5.74) is 23.0. The largest absolute Gasteiger partial charge is 0.456 e. The van der Waals surface area contributed by atoms with E-state index in [0.29, 0.717) is 0 Å². The summed E-state index contributed by atoms with van der Waals surface area (Å²) in [6.45, 7) is 9.49. The van der Waals surface area contributed by atoms with Crippen molar-refractivity contribution in [1.82, 2.24) is 0 Å². The number of nitrogens with zero attached hydrogens (tertiary/aromatic N) is 1. The fourth-order valence-corrected chi connectivity index (χ4v) is 10.5. The minimum absolute atomic E-state index is 0.111. The van der Waals surface area contributed by atoms with Gasteiger partial charge in [0.15, 0.2) is 0 Å². The Balaban J connectivity index is 0.925. The fourth-order valence-electron chi connectivity index (χ4n) is 10.5. The summed E-state index contributed by atoms with van der Waals surface area (Å²) < 4.78 is 6.10. The van der Waals surface area contributed by atoms with Crippen LogP contribution in [-0.2, 0) is 10.8 Å². The summed E-state index contributed by atoms with van der Waals surface area (Å²) in [5.74, 6) is 0. The summed E-state index contributed by atoms with van der Waals surface area (Å²) in [7, 11) is 0. The Labute approximate surface area is 363 Å². The van der Waals surface area contributed by atoms with Gasteiger partial charge in [0.1, 0.15) is 11.2 Å². The molecule has 0 unspecified atom stereocenters. The molecule has 0 spiro atoms. The molecule has 2 nitrogen and oxygen atoms in total. The highest BCUT2D eigenvalue weighted by Crippen LogP contribution is 2.53. The van der Waals surface area contributed by atoms with E-state index in [2.05, 4.69) is 221 Å². The zero-order valence-corrected chi connectivity index (χ0v) is 35.4. The molecule has 0 amide bonds. The zero-order valence-electron chi connectivity index (χ0n) is 35.4. The molecule has 0 atom stereocenters. The van der Waals surface area contributed by atoms with E-state index in [-0.39, 0.29) is 10.8 Å². The first kappa shape index (κ1) is 36.4. The van der Waals surface area contributed by atoms with E-state index in [1.165, 1.54) is 77.9 Å². The van der Waals surface area contributed by atoms with Gasteiger partial charge >= 0.3 is 0 Å². The third kappa shape index (κ3) is 5.56. The highest BCUT2D eigenvalue weighted by molar-refractivity contribution is 6.06. The van der Waals surface area contributed by atoms with Gasteiger partial charge in [-0.05, 0) is 139 Å². The first-order valence-corrected chi connectivity index (χ1v) is 21.7. The van der Waals surface area contributed by atoms with Crippen molar-refractivity contribution in [2.45, 2.75) is 38.5 Å². The quantitative estimate of drug-likeness (QED) is 0.167. The normalized spacial score (nSPS) is 14.1. The van der Waals surface area contributed by atoms with Gasteiger partial charge in [-0.2, -0.15) is 0 Å². The summed E-state index contributed by atoms with van der Waals surface area (Å²) >= 11 is 0. The molecule has 0 radical (unpaired) electrons. The fraction of sp³-hybridized carbons (Fsp3) is 0.100. The summed E-state index contributed by atoms with van der Waals surface area (Å²) in [4.78, 5) is 2.46. The van der Waals surface area contributed by atoms with Crippen LogP contribution in [0.1, 0.15) is 49.9 Å². The Morgan fingerprint density at radius 3 is 1.44 bits per heavy atom. The monoisotopic (exact) mass is 795 g/mol. The smallest absolute Gasteiger partial charge is 0.135 e. The molecule has 10 aromatic rings. The van der Waals surface area contributed by atoms with Gasteiger partial charge in [-0.25, -0.2) is 0 Å². The van der Waals surface area contributed by atoms with Crippen molar-refractivity contribution in [3.8, 4) is 55.6 Å². The van der Waals surface area contributed by atoms with Gasteiger partial charge in [0.05, 0.1) is 0 Å². The second-order valence-corrected chi connectivity index (χ2v) is 18.2. The second-order valence-electron chi connectivity index (χ2n) is 18.2. The van der Waals surface area contributed by atoms with Crippen molar-refractivity contribution in [3.05, 3.63) is 222 Å². The molecule has 2 heteroatoms. The highest BCUT2D eigenvalue weighted by Gasteiger charge is 2.38. The molecule has 0 N–H and O–H groups in total. The van der Waals surface area contributed by atoms with Gasteiger partial charge in [-0.3, -0.25) is 0 Å². The number of rotatable bonds is 6. The van der Waals surface area contributed by atoms with Crippen LogP contribution in [0.15, 0.2) is 205 Å². The highest BCUT2D eigenvalue weighted by atomic mass is 16.3. The lowest BCUT2D eigenvalue weighted by molar-refractivity contribution is 0.660. The topological polar surface area (TPSA) is 16.4 Å². The molecule has 0 aliphatic heterocycles. The molecule has 0 bridgehead atoms. The average Bonchev–Trinajstić information content (AvgIpc) is 3.88. The molecule has 296 valence electrons. The summed E-state index contributed by atoms with van der Waals surface area (Å²) in [6.07, 6.45) is 0. The van der Waals surface area contributed by atoms with Crippen LogP contribution in [-0.4, -0.2) is 0 Å². The van der Waals surface area contributed by atoms with E-state index in [9.17, 15) is 0 Å². The van der Waals surface area contributed by atoms with Crippen LogP contribution in [0.3, 0.4) is 0 Å². The van der Waals surface area contributed by atoms with Crippen molar-refractivity contribution in [1.29, 1.82) is 0 Å². The summed E-state index contributed by atoms with van der Waals surface area (Å²) in [6, 6.07) is 73.7. The van der Waals surface area contributed by atoms with E-state index in [4.69, 9.17) is 4.42 Å². The van der Waals surface area contributed by atoms with Crippen molar-refractivity contribution in [2.24, 2.45) is 0 Å². The molecular formula is C60H45NO. The van der Waals surface area contributed by atoms with Crippen molar-refractivity contribution in [2.75, 3.05) is 4.90 Å². The first-order chi connectivity index (χ1) is 30.2. The Bertz CT molecular complexity index is 3390. The Morgan fingerprint density at radius 1 is 0.306 bits per heavy atom. The zero-order chi connectivity index (χ0) is 41.7. The Kier molecular flexibility index (Phi) is 7.96. The predicted molar refractivity (Wildman–Crippen MR) is 260 cm³/mol. The van der Waals surface area contributed by atoms with Crippen LogP contribution in [0.2, 0.25) is 0 Å². The molecule has 9 aromatic carbocycles. The lowest BCUT2D eigenvalue weighted by Crippen LogP contribution is -2.18. The van der Waals surface area contributed by atoms with E-state index < -0.39 is 0 Å². The van der Waals surface area contributed by atoms with E-state index in [1.807, 2.05) is 12.1 Å². The van der Waals surface area contributed by atoms with Crippen LogP contribution >= 0.6 is 0 Å². The number of hydrogen-bond donors (Lipinski definition) is 0. The molecule has 1 heterocycles. The lowest BCUT2D eigenvalue weighted by atomic mass is 9.81. The number of para-hydroxylation sites is 1. The number of furan rings is 1. The second kappa shape index (κ2) is 13.5. The van der Waals surface area contributed by atoms with Gasteiger partial charge in [-0.1, -0.05) is 167 Å². The van der Waals surface area contributed by atoms with Gasteiger partial charge in [0, 0.05) is 38.7 Å². The van der Waals surface area contributed by atoms with Crippen molar-refractivity contribution >= 4 is 39.0 Å². The number of anilines is 3. The maximum absolute atomic E-state index is 6.10. The molecular weight excluding hydrogens is 751 g/mol. The van der Waals surface area contributed by atoms with Crippen LogP contribution in [0.4, 0.5) is 17.1 Å².